The lowest BCUT2D eigenvalue weighted by molar-refractivity contribution is -0.533. The Labute approximate surface area is 179 Å². The molecule has 7 heteroatoms. The first-order valence-electron chi connectivity index (χ1n) is 11.1. The Morgan fingerprint density at radius 3 is 2.77 bits per heavy atom. The zero-order chi connectivity index (χ0) is 21.1. The fourth-order valence-corrected chi connectivity index (χ4v) is 6.52. The van der Waals surface area contributed by atoms with Crippen LogP contribution in [0.15, 0.2) is 48.7 Å². The molecule has 1 saturated carbocycles. The number of hydrogen-bond acceptors (Lipinski definition) is 4. The van der Waals surface area contributed by atoms with E-state index in [1.807, 2.05) is 41.3 Å². The summed E-state index contributed by atoms with van der Waals surface area (Å²) in [7, 11) is 0. The zero-order valence-electron chi connectivity index (χ0n) is 17.1. The number of amides is 1. The number of carbonyl (C=O) groups excluding carboxylic acids is 1. The van der Waals surface area contributed by atoms with Gasteiger partial charge < -0.3 is 9.88 Å². The molecular weight excluding hydrogens is 392 g/mol. The van der Waals surface area contributed by atoms with Crippen molar-refractivity contribution in [3.05, 3.63) is 75.6 Å². The Morgan fingerprint density at radius 2 is 1.97 bits per heavy atom. The molecule has 2 aliphatic heterocycles. The summed E-state index contributed by atoms with van der Waals surface area (Å²) < 4.78 is 0. The molecule has 2 fully saturated rings. The van der Waals surface area contributed by atoms with E-state index in [1.165, 1.54) is 5.56 Å². The van der Waals surface area contributed by atoms with Crippen LogP contribution in [-0.2, 0) is 11.2 Å². The zero-order valence-corrected chi connectivity index (χ0v) is 17.1. The first-order valence-corrected chi connectivity index (χ1v) is 11.1. The molecular formula is C24H24N4O3. The second kappa shape index (κ2) is 6.90. The van der Waals surface area contributed by atoms with Crippen molar-refractivity contribution in [3.8, 4) is 0 Å². The van der Waals surface area contributed by atoms with E-state index in [-0.39, 0.29) is 34.6 Å². The predicted octanol–water partition coefficient (Wildman–Crippen LogP) is 3.85. The van der Waals surface area contributed by atoms with Gasteiger partial charge in [-0.15, -0.1) is 0 Å². The second-order valence-corrected chi connectivity index (χ2v) is 9.11. The van der Waals surface area contributed by atoms with Crippen LogP contribution < -0.4 is 0 Å². The molecule has 1 aromatic carbocycles. The lowest BCUT2D eigenvalue weighted by Gasteiger charge is -2.52. The van der Waals surface area contributed by atoms with Crippen LogP contribution in [0.1, 0.15) is 48.0 Å². The van der Waals surface area contributed by atoms with Crippen molar-refractivity contribution in [3.63, 3.8) is 0 Å². The molecule has 7 nitrogen and oxygen atoms in total. The SMILES string of the molecule is O=C1C[C@@H]2CC[C@@H]([N+](=O)[O-])[C@H](c3ccccc3)[C@H]2[C@@H]2c3[nH]c4ncccc4c3CCN12. The molecule has 0 bridgehead atoms. The molecule has 158 valence electrons. The molecule has 0 radical (unpaired) electrons. The Balaban J connectivity index is 1.55. The Bertz CT molecular complexity index is 1170. The van der Waals surface area contributed by atoms with Crippen molar-refractivity contribution in [2.75, 3.05) is 6.54 Å². The molecule has 0 spiro atoms. The van der Waals surface area contributed by atoms with Gasteiger partial charge in [0.15, 0.2) is 0 Å². The van der Waals surface area contributed by atoms with Crippen molar-refractivity contribution in [1.82, 2.24) is 14.9 Å². The van der Waals surface area contributed by atoms with E-state index in [9.17, 15) is 14.9 Å². The highest BCUT2D eigenvalue weighted by Crippen LogP contribution is 2.55. The van der Waals surface area contributed by atoms with Gasteiger partial charge in [-0.05, 0) is 42.0 Å². The summed E-state index contributed by atoms with van der Waals surface area (Å²) in [6.07, 6.45) is 4.30. The predicted molar refractivity (Wildman–Crippen MR) is 115 cm³/mol. The monoisotopic (exact) mass is 416 g/mol. The van der Waals surface area contributed by atoms with E-state index in [0.717, 1.165) is 35.1 Å². The average molecular weight is 416 g/mol. The van der Waals surface area contributed by atoms with Gasteiger partial charge in [-0.3, -0.25) is 14.9 Å². The van der Waals surface area contributed by atoms with Crippen LogP contribution in [-0.4, -0.2) is 38.3 Å². The maximum Gasteiger partial charge on any atom is 0.223 e. The third kappa shape index (κ3) is 2.72. The number of fused-ring (bicyclic) bond motifs is 7. The average Bonchev–Trinajstić information content (AvgIpc) is 3.17. The van der Waals surface area contributed by atoms with E-state index in [4.69, 9.17) is 0 Å². The molecule has 4 heterocycles. The quantitative estimate of drug-likeness (QED) is 0.507. The van der Waals surface area contributed by atoms with Crippen molar-refractivity contribution >= 4 is 16.9 Å². The van der Waals surface area contributed by atoms with E-state index in [1.54, 1.807) is 6.20 Å². The Hall–Kier alpha value is -3.22. The van der Waals surface area contributed by atoms with Gasteiger partial charge in [-0.2, -0.15) is 0 Å². The summed E-state index contributed by atoms with van der Waals surface area (Å²) in [6, 6.07) is 13.1. The molecule has 3 aliphatic rings. The lowest BCUT2D eigenvalue weighted by Crippen LogP contribution is -2.55. The van der Waals surface area contributed by atoms with Crippen LogP contribution in [0.5, 0.6) is 0 Å². The van der Waals surface area contributed by atoms with Crippen LogP contribution in [0.3, 0.4) is 0 Å². The van der Waals surface area contributed by atoms with Crippen molar-refractivity contribution in [1.29, 1.82) is 0 Å². The number of rotatable bonds is 2. The molecule has 1 saturated heterocycles. The highest BCUT2D eigenvalue weighted by atomic mass is 16.6. The molecule has 5 atom stereocenters. The van der Waals surface area contributed by atoms with Crippen LogP contribution >= 0.6 is 0 Å². The topological polar surface area (TPSA) is 92.1 Å². The molecule has 6 rings (SSSR count). The van der Waals surface area contributed by atoms with Crippen LogP contribution in [0.4, 0.5) is 0 Å². The van der Waals surface area contributed by atoms with Crippen LogP contribution in [0.2, 0.25) is 0 Å². The smallest absolute Gasteiger partial charge is 0.223 e. The minimum absolute atomic E-state index is 0.0105. The van der Waals surface area contributed by atoms with Gasteiger partial charge in [0.1, 0.15) is 5.65 Å². The fourth-order valence-electron chi connectivity index (χ4n) is 6.52. The Morgan fingerprint density at radius 1 is 1.13 bits per heavy atom. The van der Waals surface area contributed by atoms with Gasteiger partial charge in [-0.1, -0.05) is 30.3 Å². The number of carbonyl (C=O) groups is 1. The molecule has 31 heavy (non-hydrogen) atoms. The summed E-state index contributed by atoms with van der Waals surface area (Å²) >= 11 is 0. The normalized spacial score (nSPS) is 29.9. The first-order chi connectivity index (χ1) is 15.1. The maximum absolute atomic E-state index is 13.1. The third-order valence-electron chi connectivity index (χ3n) is 7.73. The molecule has 1 amide bonds. The van der Waals surface area contributed by atoms with Gasteiger partial charge in [0, 0.05) is 47.5 Å². The molecule has 2 aromatic heterocycles. The number of benzene rings is 1. The minimum atomic E-state index is -0.633. The number of piperidine rings is 1. The van der Waals surface area contributed by atoms with Gasteiger partial charge >= 0.3 is 0 Å². The number of aromatic nitrogens is 2. The summed E-state index contributed by atoms with van der Waals surface area (Å²) in [6.45, 7) is 0.659. The number of nitro groups is 1. The van der Waals surface area contributed by atoms with Crippen LogP contribution in [0, 0.1) is 22.0 Å². The standard InChI is InChI=1S/C24H24N4O3/c29-19-13-15-8-9-18(28(30)31)20(14-5-2-1-3-6-14)21(15)23-22-16(10-12-27(19)23)17-7-4-11-25-24(17)26-22/h1-7,11,15,18,20-21,23H,8-10,12-13H2,(H,25,26)/t15-,18+,20-,21-,23+/m0/s1. The molecule has 3 aromatic rings. The summed E-state index contributed by atoms with van der Waals surface area (Å²) in [5, 5.41) is 13.2. The second-order valence-electron chi connectivity index (χ2n) is 9.11. The number of pyridine rings is 1. The maximum atomic E-state index is 13.1. The van der Waals surface area contributed by atoms with Gasteiger partial charge in [0.25, 0.3) is 0 Å². The fraction of sp³-hybridized carbons (Fsp3) is 0.417. The third-order valence-corrected chi connectivity index (χ3v) is 7.73. The van der Waals surface area contributed by atoms with Crippen molar-refractivity contribution in [2.24, 2.45) is 11.8 Å². The number of nitrogens with one attached hydrogen (secondary N) is 1. The van der Waals surface area contributed by atoms with Gasteiger partial charge in [0.2, 0.25) is 11.9 Å². The van der Waals surface area contributed by atoms with E-state index in [2.05, 4.69) is 16.0 Å². The molecule has 1 aliphatic carbocycles. The lowest BCUT2D eigenvalue weighted by atomic mass is 9.60. The van der Waals surface area contributed by atoms with E-state index in [0.29, 0.717) is 19.4 Å². The largest absolute Gasteiger partial charge is 0.341 e. The highest BCUT2D eigenvalue weighted by Gasteiger charge is 2.55. The van der Waals surface area contributed by atoms with Crippen molar-refractivity contribution < 1.29 is 9.72 Å². The number of aromatic amines is 1. The van der Waals surface area contributed by atoms with Crippen LogP contribution in [0.25, 0.3) is 11.0 Å². The van der Waals surface area contributed by atoms with E-state index < -0.39 is 6.04 Å². The summed E-state index contributed by atoms with van der Waals surface area (Å²) in [5.74, 6) is 0.118. The van der Waals surface area contributed by atoms with Gasteiger partial charge in [-0.25, -0.2) is 4.98 Å². The highest BCUT2D eigenvalue weighted by molar-refractivity contribution is 5.84. The molecule has 0 unspecified atom stereocenters. The summed E-state index contributed by atoms with van der Waals surface area (Å²) in [5.41, 5.74) is 4.09. The first kappa shape index (κ1) is 18.5. The summed E-state index contributed by atoms with van der Waals surface area (Å²) in [4.78, 5) is 35.2. The van der Waals surface area contributed by atoms with E-state index >= 15 is 0 Å². The number of H-pyrrole nitrogens is 1. The molecule has 1 N–H and O–H groups in total. The van der Waals surface area contributed by atoms with Crippen molar-refractivity contribution in [2.45, 2.75) is 43.7 Å². The number of nitrogens with zero attached hydrogens (tertiary/aromatic N) is 3. The minimum Gasteiger partial charge on any atom is -0.341 e. The Kier molecular flexibility index (Phi) is 4.13. The van der Waals surface area contributed by atoms with Gasteiger partial charge in [0.05, 0.1) is 12.0 Å². The number of hydrogen-bond donors (Lipinski definition) is 1.